The van der Waals surface area contributed by atoms with Crippen LogP contribution in [0.15, 0.2) is 45.6 Å². The lowest BCUT2D eigenvalue weighted by Crippen LogP contribution is -2.20. The molecule has 1 amide bonds. The third-order valence-electron chi connectivity index (χ3n) is 3.73. The predicted octanol–water partition coefficient (Wildman–Crippen LogP) is 4.24. The molecule has 1 heterocycles. The Morgan fingerprint density at radius 2 is 2.04 bits per heavy atom. The van der Waals surface area contributed by atoms with E-state index in [1.54, 1.807) is 36.4 Å². The number of anilines is 1. The second-order valence-electron chi connectivity index (χ2n) is 5.34. The van der Waals surface area contributed by atoms with Crippen molar-refractivity contribution in [2.75, 3.05) is 5.32 Å². The number of nitrogens with one attached hydrogen (secondary N) is 1. The highest BCUT2D eigenvalue weighted by Gasteiger charge is 2.12. The topological polar surface area (TPSA) is 64.2 Å². The van der Waals surface area contributed by atoms with Gasteiger partial charge in [-0.25, -0.2) is 4.79 Å². The maximum Gasteiger partial charge on any atom is 0.419 e. The van der Waals surface area contributed by atoms with Crippen LogP contribution in [0.25, 0.3) is 11.1 Å². The van der Waals surface area contributed by atoms with Crippen molar-refractivity contribution in [2.24, 2.45) is 0 Å². The fourth-order valence-corrected chi connectivity index (χ4v) is 2.76. The van der Waals surface area contributed by atoms with Crippen LogP contribution in [0.5, 0.6) is 0 Å². The van der Waals surface area contributed by atoms with Crippen molar-refractivity contribution in [3.63, 3.8) is 0 Å². The number of aromatic nitrogens is 1. The zero-order chi connectivity index (χ0) is 17.3. The molecule has 24 heavy (non-hydrogen) atoms. The van der Waals surface area contributed by atoms with Gasteiger partial charge in [-0.05, 0) is 36.8 Å². The first-order chi connectivity index (χ1) is 11.5. The summed E-state index contributed by atoms with van der Waals surface area (Å²) in [5, 5.41) is 3.87. The number of rotatable bonds is 4. The monoisotopic (exact) mass is 364 g/mol. The van der Waals surface area contributed by atoms with Gasteiger partial charge in [0.2, 0.25) is 5.91 Å². The van der Waals surface area contributed by atoms with Gasteiger partial charge in [0.1, 0.15) is 0 Å². The maximum atomic E-state index is 12.2. The molecule has 0 spiro atoms. The largest absolute Gasteiger partial charge is 0.419 e. The summed E-state index contributed by atoms with van der Waals surface area (Å²) < 4.78 is 6.55. The van der Waals surface area contributed by atoms with Crippen molar-refractivity contribution in [2.45, 2.75) is 19.9 Å². The van der Waals surface area contributed by atoms with Gasteiger partial charge in [-0.1, -0.05) is 29.3 Å². The second-order valence-corrected chi connectivity index (χ2v) is 6.19. The molecular formula is C17H14Cl2N2O3. The zero-order valence-electron chi connectivity index (χ0n) is 12.8. The Balaban J connectivity index is 1.74. The molecule has 3 rings (SSSR count). The lowest BCUT2D eigenvalue weighted by molar-refractivity contribution is -0.116. The molecule has 0 saturated carbocycles. The van der Waals surface area contributed by atoms with E-state index in [0.29, 0.717) is 26.8 Å². The van der Waals surface area contributed by atoms with Crippen LogP contribution < -0.4 is 11.1 Å². The normalized spacial score (nSPS) is 11.0. The lowest BCUT2D eigenvalue weighted by Gasteiger charge is -2.09. The highest BCUT2D eigenvalue weighted by Crippen LogP contribution is 2.23. The molecule has 0 radical (unpaired) electrons. The molecule has 0 saturated heterocycles. The van der Waals surface area contributed by atoms with Gasteiger partial charge < -0.3 is 9.73 Å². The standard InChI is InChI=1S/C17H14Cl2N2O3/c1-10-12(19)3-2-4-13(10)20-16(22)7-8-21-14-6-5-11(18)9-15(14)24-17(21)23/h2-6,9H,7-8H2,1H3,(H,20,22). The highest BCUT2D eigenvalue weighted by atomic mass is 35.5. The number of oxazole rings is 1. The molecule has 0 bridgehead atoms. The van der Waals surface area contributed by atoms with E-state index in [9.17, 15) is 9.59 Å². The van der Waals surface area contributed by atoms with E-state index in [2.05, 4.69) is 5.32 Å². The molecule has 2 aromatic carbocycles. The Hall–Kier alpha value is -2.24. The molecule has 0 unspecified atom stereocenters. The van der Waals surface area contributed by atoms with E-state index in [1.165, 1.54) is 4.57 Å². The van der Waals surface area contributed by atoms with Crippen molar-refractivity contribution < 1.29 is 9.21 Å². The summed E-state index contributed by atoms with van der Waals surface area (Å²) in [5.74, 6) is -0.727. The summed E-state index contributed by atoms with van der Waals surface area (Å²) in [6.07, 6.45) is 0.128. The minimum absolute atomic E-state index is 0.128. The molecule has 7 heteroatoms. The number of carbonyl (C=O) groups excluding carboxylic acids is 1. The van der Waals surface area contributed by atoms with Gasteiger partial charge >= 0.3 is 5.76 Å². The molecule has 0 aliphatic carbocycles. The van der Waals surface area contributed by atoms with Crippen molar-refractivity contribution in [1.82, 2.24) is 4.57 Å². The Morgan fingerprint density at radius 3 is 2.83 bits per heavy atom. The van der Waals surface area contributed by atoms with Crippen LogP contribution in [0.4, 0.5) is 5.69 Å². The van der Waals surface area contributed by atoms with E-state index >= 15 is 0 Å². The molecule has 124 valence electrons. The summed E-state index contributed by atoms with van der Waals surface area (Å²) in [7, 11) is 0. The van der Waals surface area contributed by atoms with Gasteiger partial charge in [-0.3, -0.25) is 9.36 Å². The average molecular weight is 365 g/mol. The number of carbonyl (C=O) groups is 1. The SMILES string of the molecule is Cc1c(Cl)cccc1NC(=O)CCn1c(=O)oc2cc(Cl)ccc21. The van der Waals surface area contributed by atoms with E-state index in [0.717, 1.165) is 5.56 Å². The Bertz CT molecular complexity index is 976. The molecule has 1 N–H and O–H groups in total. The van der Waals surface area contributed by atoms with Gasteiger partial charge in [0.15, 0.2) is 5.58 Å². The maximum absolute atomic E-state index is 12.2. The molecule has 0 atom stereocenters. The molecule has 0 aliphatic heterocycles. The number of halogens is 2. The third-order valence-corrected chi connectivity index (χ3v) is 4.38. The summed E-state index contributed by atoms with van der Waals surface area (Å²) in [4.78, 5) is 24.1. The average Bonchev–Trinajstić information content (AvgIpc) is 2.84. The van der Waals surface area contributed by atoms with Crippen LogP contribution in [-0.4, -0.2) is 10.5 Å². The smallest absolute Gasteiger partial charge is 0.408 e. The lowest BCUT2D eigenvalue weighted by atomic mass is 10.2. The first-order valence-electron chi connectivity index (χ1n) is 7.29. The summed E-state index contributed by atoms with van der Waals surface area (Å²) >= 11 is 11.9. The van der Waals surface area contributed by atoms with Crippen molar-refractivity contribution >= 4 is 45.9 Å². The second kappa shape index (κ2) is 6.71. The van der Waals surface area contributed by atoms with Crippen LogP contribution in [0, 0.1) is 6.92 Å². The minimum Gasteiger partial charge on any atom is -0.408 e. The zero-order valence-corrected chi connectivity index (χ0v) is 14.3. The van der Waals surface area contributed by atoms with Crippen LogP contribution in [0.2, 0.25) is 10.0 Å². The van der Waals surface area contributed by atoms with Crippen LogP contribution in [-0.2, 0) is 11.3 Å². The van der Waals surface area contributed by atoms with Crippen molar-refractivity contribution in [3.05, 3.63) is 62.6 Å². The molecular weight excluding hydrogens is 351 g/mol. The molecule has 1 aromatic heterocycles. The number of benzene rings is 2. The third kappa shape index (κ3) is 3.32. The number of hydrogen-bond acceptors (Lipinski definition) is 3. The highest BCUT2D eigenvalue weighted by molar-refractivity contribution is 6.32. The van der Waals surface area contributed by atoms with Gasteiger partial charge in [0.25, 0.3) is 0 Å². The first kappa shape index (κ1) is 16.6. The van der Waals surface area contributed by atoms with Crippen molar-refractivity contribution in [3.8, 4) is 0 Å². The Morgan fingerprint density at radius 1 is 1.25 bits per heavy atom. The van der Waals surface area contributed by atoms with E-state index in [1.807, 2.05) is 6.92 Å². The summed E-state index contributed by atoms with van der Waals surface area (Å²) in [6.45, 7) is 2.04. The van der Waals surface area contributed by atoms with E-state index < -0.39 is 5.76 Å². The van der Waals surface area contributed by atoms with Gasteiger partial charge in [0.05, 0.1) is 5.52 Å². The van der Waals surface area contributed by atoms with E-state index in [-0.39, 0.29) is 18.9 Å². The van der Waals surface area contributed by atoms with Crippen molar-refractivity contribution in [1.29, 1.82) is 0 Å². The first-order valence-corrected chi connectivity index (χ1v) is 8.05. The van der Waals surface area contributed by atoms with Gasteiger partial charge in [0, 0.05) is 34.8 Å². The van der Waals surface area contributed by atoms with Gasteiger partial charge in [-0.2, -0.15) is 0 Å². The fraction of sp³-hybridized carbons (Fsp3) is 0.176. The quantitative estimate of drug-likeness (QED) is 0.752. The number of amides is 1. The molecule has 0 aliphatic rings. The molecule has 0 fully saturated rings. The summed E-state index contributed by atoms with van der Waals surface area (Å²) in [6, 6.07) is 10.2. The minimum atomic E-state index is -0.515. The Labute approximate surface area is 147 Å². The fourth-order valence-electron chi connectivity index (χ4n) is 2.42. The van der Waals surface area contributed by atoms with Crippen LogP contribution >= 0.6 is 23.2 Å². The Kier molecular flexibility index (Phi) is 4.64. The van der Waals surface area contributed by atoms with Crippen LogP contribution in [0.3, 0.4) is 0 Å². The number of hydrogen-bond donors (Lipinski definition) is 1. The van der Waals surface area contributed by atoms with Crippen LogP contribution in [0.1, 0.15) is 12.0 Å². The number of aryl methyl sites for hydroxylation is 1. The number of nitrogens with zero attached hydrogens (tertiary/aromatic N) is 1. The van der Waals surface area contributed by atoms with Gasteiger partial charge in [-0.15, -0.1) is 0 Å². The number of fused-ring (bicyclic) bond motifs is 1. The molecule has 5 nitrogen and oxygen atoms in total. The van der Waals surface area contributed by atoms with E-state index in [4.69, 9.17) is 27.6 Å². The summed E-state index contributed by atoms with van der Waals surface area (Å²) in [5.41, 5.74) is 2.46. The molecule has 3 aromatic rings. The predicted molar refractivity (Wildman–Crippen MR) is 94.9 cm³/mol.